The molecule has 1 saturated carbocycles. The van der Waals surface area contributed by atoms with Crippen LogP contribution in [0.5, 0.6) is 0 Å². The molecule has 2 unspecified atom stereocenters. The highest BCUT2D eigenvalue weighted by Gasteiger charge is 2.56. The Labute approximate surface area is 168 Å². The maximum Gasteiger partial charge on any atom is 0.248 e. The van der Waals surface area contributed by atoms with Gasteiger partial charge in [0.2, 0.25) is 5.91 Å². The molecule has 1 amide bonds. The van der Waals surface area contributed by atoms with Gasteiger partial charge in [0.15, 0.2) is 0 Å². The average Bonchev–Trinajstić information content (AvgIpc) is 2.99. The molecule has 4 rings (SSSR count). The Morgan fingerprint density at radius 2 is 2.12 bits per heavy atom. The first-order valence-corrected chi connectivity index (χ1v) is 10.8. The first-order chi connectivity index (χ1) is 12.5. The number of carbonyl (C=O) groups is 1. The molecule has 3 atom stereocenters. The minimum Gasteiger partial charge on any atom is -0.387 e. The summed E-state index contributed by atoms with van der Waals surface area (Å²) in [5.41, 5.74) is 2.20. The van der Waals surface area contributed by atoms with Gasteiger partial charge >= 0.3 is 0 Å². The van der Waals surface area contributed by atoms with E-state index in [4.69, 9.17) is 11.6 Å². The van der Waals surface area contributed by atoms with Gasteiger partial charge in [-0.1, -0.05) is 36.9 Å². The SMILES string of the molecule is C[C@@H]1CC2(C3CCCCC3)Nc3c(ccc(Br)c3Cl)C2CN1C(=O)CO. The number of benzene rings is 1. The van der Waals surface area contributed by atoms with Gasteiger partial charge in [-0.25, -0.2) is 0 Å². The van der Waals surface area contributed by atoms with Crippen molar-refractivity contribution < 1.29 is 9.90 Å². The Morgan fingerprint density at radius 3 is 2.81 bits per heavy atom. The van der Waals surface area contributed by atoms with Crippen molar-refractivity contribution in [2.45, 2.75) is 62.9 Å². The molecule has 2 fully saturated rings. The zero-order valence-electron chi connectivity index (χ0n) is 15.1. The number of fused-ring (bicyclic) bond motifs is 3. The molecule has 1 aromatic rings. The summed E-state index contributed by atoms with van der Waals surface area (Å²) in [6, 6.07) is 4.26. The van der Waals surface area contributed by atoms with E-state index < -0.39 is 6.61 Å². The van der Waals surface area contributed by atoms with Gasteiger partial charge in [-0.3, -0.25) is 4.79 Å². The Morgan fingerprint density at radius 1 is 1.38 bits per heavy atom. The predicted octanol–water partition coefficient (Wildman–Crippen LogP) is 4.54. The fraction of sp³-hybridized carbons (Fsp3) is 0.650. The Kier molecular flexibility index (Phi) is 4.99. The zero-order valence-corrected chi connectivity index (χ0v) is 17.4. The van der Waals surface area contributed by atoms with Gasteiger partial charge in [-0.15, -0.1) is 0 Å². The predicted molar refractivity (Wildman–Crippen MR) is 108 cm³/mol. The minimum absolute atomic E-state index is 0.0428. The lowest BCUT2D eigenvalue weighted by atomic mass is 9.63. The van der Waals surface area contributed by atoms with Gasteiger partial charge in [0.1, 0.15) is 6.61 Å². The van der Waals surface area contributed by atoms with E-state index in [1.54, 1.807) is 0 Å². The quantitative estimate of drug-likeness (QED) is 0.708. The third-order valence-corrected chi connectivity index (χ3v) is 8.10. The van der Waals surface area contributed by atoms with E-state index in [2.05, 4.69) is 34.2 Å². The summed E-state index contributed by atoms with van der Waals surface area (Å²) in [7, 11) is 0. The first-order valence-electron chi connectivity index (χ1n) is 9.64. The fourth-order valence-electron chi connectivity index (χ4n) is 5.62. The minimum atomic E-state index is -0.422. The third-order valence-electron chi connectivity index (χ3n) is 6.82. The molecule has 4 nitrogen and oxygen atoms in total. The fourth-order valence-corrected chi connectivity index (χ4v) is 6.17. The van der Waals surface area contributed by atoms with Crippen LogP contribution in [-0.4, -0.2) is 40.6 Å². The van der Waals surface area contributed by atoms with Crippen molar-refractivity contribution in [3.05, 3.63) is 27.2 Å². The van der Waals surface area contributed by atoms with Crippen LogP contribution in [0.25, 0.3) is 0 Å². The van der Waals surface area contributed by atoms with E-state index in [0.717, 1.165) is 21.6 Å². The third kappa shape index (κ3) is 2.78. The maximum absolute atomic E-state index is 12.3. The lowest BCUT2D eigenvalue weighted by molar-refractivity contribution is -0.139. The number of carbonyl (C=O) groups excluding carboxylic acids is 1. The number of rotatable bonds is 2. The van der Waals surface area contributed by atoms with Gasteiger partial charge in [0, 0.05) is 23.0 Å². The zero-order chi connectivity index (χ0) is 18.5. The number of likely N-dealkylation sites (tertiary alicyclic amines) is 1. The second kappa shape index (κ2) is 6.99. The number of aliphatic hydroxyl groups is 1. The standard InChI is InChI=1S/C20H26BrClN2O2/c1-12-9-20(13-5-3-2-4-6-13)15(10-24(12)17(26)11-25)14-7-8-16(21)18(22)19(14)23-20/h7-8,12-13,15,23,25H,2-6,9-11H2,1H3/t12-,15?,20?/m1/s1. The molecule has 2 N–H and O–H groups in total. The number of aliphatic hydroxyl groups excluding tert-OH is 1. The number of nitrogens with zero attached hydrogens (tertiary/aromatic N) is 1. The topological polar surface area (TPSA) is 52.6 Å². The van der Waals surface area contributed by atoms with E-state index >= 15 is 0 Å². The Hall–Kier alpha value is -0.780. The molecule has 26 heavy (non-hydrogen) atoms. The maximum atomic E-state index is 12.3. The lowest BCUT2D eigenvalue weighted by Crippen LogP contribution is -2.60. The normalized spacial score (nSPS) is 31.3. The average molecular weight is 442 g/mol. The van der Waals surface area contributed by atoms with E-state index in [1.165, 1.54) is 37.7 Å². The van der Waals surface area contributed by atoms with Crippen molar-refractivity contribution in [2.24, 2.45) is 5.92 Å². The van der Waals surface area contributed by atoms with Gasteiger partial charge in [-0.2, -0.15) is 0 Å². The molecule has 0 aromatic heterocycles. The molecular formula is C20H26BrClN2O2. The van der Waals surface area contributed by atoms with E-state index in [9.17, 15) is 9.90 Å². The summed E-state index contributed by atoms with van der Waals surface area (Å²) in [5.74, 6) is 0.640. The number of piperidine rings is 1. The highest BCUT2D eigenvalue weighted by molar-refractivity contribution is 9.10. The number of halogens is 2. The molecule has 6 heteroatoms. The Bertz CT molecular complexity index is 722. The number of anilines is 1. The second-order valence-electron chi connectivity index (χ2n) is 8.14. The van der Waals surface area contributed by atoms with Crippen molar-refractivity contribution in [1.82, 2.24) is 4.90 Å². The second-order valence-corrected chi connectivity index (χ2v) is 9.37. The van der Waals surface area contributed by atoms with E-state index in [0.29, 0.717) is 12.5 Å². The van der Waals surface area contributed by atoms with E-state index in [-0.39, 0.29) is 23.4 Å². The molecular weight excluding hydrogens is 416 g/mol. The summed E-state index contributed by atoms with van der Waals surface area (Å²) in [6.07, 6.45) is 7.25. The van der Waals surface area contributed by atoms with Crippen LogP contribution >= 0.6 is 27.5 Å². The van der Waals surface area contributed by atoms with E-state index in [1.807, 2.05) is 11.0 Å². The summed E-state index contributed by atoms with van der Waals surface area (Å²) in [6.45, 7) is 2.33. The number of hydrogen-bond donors (Lipinski definition) is 2. The van der Waals surface area contributed by atoms with Crippen LogP contribution < -0.4 is 5.32 Å². The monoisotopic (exact) mass is 440 g/mol. The smallest absolute Gasteiger partial charge is 0.248 e. The molecule has 2 heterocycles. The first kappa shape index (κ1) is 18.6. The number of nitrogens with one attached hydrogen (secondary N) is 1. The van der Waals surface area contributed by atoms with Gasteiger partial charge in [0.05, 0.1) is 16.2 Å². The molecule has 3 aliphatic rings. The lowest BCUT2D eigenvalue weighted by Gasteiger charge is -2.52. The van der Waals surface area contributed by atoms with Crippen LogP contribution in [0.4, 0.5) is 5.69 Å². The highest BCUT2D eigenvalue weighted by atomic mass is 79.9. The number of amides is 1. The summed E-state index contributed by atoms with van der Waals surface area (Å²) in [5, 5.41) is 14.0. The van der Waals surface area contributed by atoms with Crippen LogP contribution in [0.2, 0.25) is 5.02 Å². The molecule has 1 aromatic carbocycles. The van der Waals surface area contributed by atoms with Crippen molar-refractivity contribution in [2.75, 3.05) is 18.5 Å². The van der Waals surface area contributed by atoms with Crippen molar-refractivity contribution >= 4 is 39.1 Å². The van der Waals surface area contributed by atoms with Crippen LogP contribution in [0.3, 0.4) is 0 Å². The summed E-state index contributed by atoms with van der Waals surface area (Å²) in [4.78, 5) is 14.2. The molecule has 0 radical (unpaired) electrons. The van der Waals surface area contributed by atoms with Gasteiger partial charge in [-0.05, 0) is 59.7 Å². The molecule has 142 valence electrons. The molecule has 1 aliphatic carbocycles. The summed E-state index contributed by atoms with van der Waals surface area (Å²) < 4.78 is 0.902. The van der Waals surface area contributed by atoms with Crippen LogP contribution in [0, 0.1) is 5.92 Å². The van der Waals surface area contributed by atoms with Gasteiger partial charge in [0.25, 0.3) is 0 Å². The van der Waals surface area contributed by atoms with Crippen molar-refractivity contribution in [3.8, 4) is 0 Å². The molecule has 0 spiro atoms. The van der Waals surface area contributed by atoms with Crippen molar-refractivity contribution in [3.63, 3.8) is 0 Å². The Balaban J connectivity index is 1.78. The molecule has 0 bridgehead atoms. The van der Waals surface area contributed by atoms with Crippen LogP contribution in [-0.2, 0) is 4.79 Å². The summed E-state index contributed by atoms with van der Waals surface area (Å²) >= 11 is 10.2. The number of hydrogen-bond acceptors (Lipinski definition) is 3. The van der Waals surface area contributed by atoms with Crippen LogP contribution in [0.15, 0.2) is 16.6 Å². The molecule has 2 aliphatic heterocycles. The van der Waals surface area contributed by atoms with Gasteiger partial charge < -0.3 is 15.3 Å². The largest absolute Gasteiger partial charge is 0.387 e. The molecule has 1 saturated heterocycles. The van der Waals surface area contributed by atoms with Crippen molar-refractivity contribution in [1.29, 1.82) is 0 Å². The highest BCUT2D eigenvalue weighted by Crippen LogP contribution is 2.57. The van der Waals surface area contributed by atoms with Crippen LogP contribution in [0.1, 0.15) is 56.9 Å².